The number of likely N-dealkylation sites (tertiary alicyclic amines) is 1. The number of imidazole rings is 1. The molecule has 1 fully saturated rings. The first-order valence-electron chi connectivity index (χ1n) is 5.87. The van der Waals surface area contributed by atoms with Crippen molar-refractivity contribution in [2.75, 3.05) is 32.0 Å². The van der Waals surface area contributed by atoms with Gasteiger partial charge in [0, 0.05) is 31.5 Å². The van der Waals surface area contributed by atoms with Crippen molar-refractivity contribution in [1.82, 2.24) is 14.5 Å². The summed E-state index contributed by atoms with van der Waals surface area (Å²) in [6, 6.07) is 0.550. The van der Waals surface area contributed by atoms with Gasteiger partial charge in [-0.05, 0) is 26.4 Å². The molecule has 0 amide bonds. The molecule has 4 heteroatoms. The molecule has 2 heterocycles. The van der Waals surface area contributed by atoms with Gasteiger partial charge in [-0.2, -0.15) is 0 Å². The van der Waals surface area contributed by atoms with Crippen LogP contribution in [0.4, 0.5) is 5.95 Å². The number of likely N-dealkylation sites (N-methyl/N-ethyl adjacent to an activating group) is 1. The third kappa shape index (κ3) is 2.44. The van der Waals surface area contributed by atoms with Gasteiger partial charge < -0.3 is 14.8 Å². The van der Waals surface area contributed by atoms with Crippen LogP contribution in [-0.2, 0) is 0 Å². The van der Waals surface area contributed by atoms with Crippen molar-refractivity contribution in [3.63, 3.8) is 0 Å². The number of hydrogen-bond donors (Lipinski definition) is 1. The molecule has 1 aliphatic heterocycles. The van der Waals surface area contributed by atoms with Gasteiger partial charge in [-0.25, -0.2) is 4.98 Å². The summed E-state index contributed by atoms with van der Waals surface area (Å²) in [6.45, 7) is 6.79. The minimum atomic E-state index is 0.550. The van der Waals surface area contributed by atoms with E-state index in [2.05, 4.69) is 39.6 Å². The fourth-order valence-corrected chi connectivity index (χ4v) is 2.27. The molecular weight excluding hydrogens is 200 g/mol. The second-order valence-corrected chi connectivity index (χ2v) is 4.39. The van der Waals surface area contributed by atoms with Crippen LogP contribution in [0.1, 0.15) is 18.9 Å². The zero-order valence-corrected chi connectivity index (χ0v) is 9.89. The Morgan fingerprint density at radius 3 is 3.31 bits per heavy atom. The van der Waals surface area contributed by atoms with Gasteiger partial charge in [-0.15, -0.1) is 6.58 Å². The highest BCUT2D eigenvalue weighted by Crippen LogP contribution is 2.23. The van der Waals surface area contributed by atoms with Crippen LogP contribution in [0, 0.1) is 0 Å². The van der Waals surface area contributed by atoms with Gasteiger partial charge in [0.15, 0.2) is 0 Å². The number of rotatable bonds is 4. The van der Waals surface area contributed by atoms with Gasteiger partial charge in [-0.3, -0.25) is 0 Å². The van der Waals surface area contributed by atoms with E-state index < -0.39 is 0 Å². The van der Waals surface area contributed by atoms with Gasteiger partial charge in [0.1, 0.15) is 0 Å². The Bertz CT molecular complexity index is 345. The van der Waals surface area contributed by atoms with Crippen LogP contribution >= 0.6 is 0 Å². The Morgan fingerprint density at radius 1 is 1.69 bits per heavy atom. The highest BCUT2D eigenvalue weighted by molar-refractivity contribution is 5.27. The fourth-order valence-electron chi connectivity index (χ4n) is 2.27. The topological polar surface area (TPSA) is 33.1 Å². The summed E-state index contributed by atoms with van der Waals surface area (Å²) in [7, 11) is 2.18. The summed E-state index contributed by atoms with van der Waals surface area (Å²) in [5.41, 5.74) is 0. The second kappa shape index (κ2) is 5.16. The Morgan fingerprint density at radius 2 is 2.56 bits per heavy atom. The smallest absolute Gasteiger partial charge is 0.203 e. The van der Waals surface area contributed by atoms with Gasteiger partial charge in [0.25, 0.3) is 0 Å². The minimum Gasteiger partial charge on any atom is -0.352 e. The van der Waals surface area contributed by atoms with Crippen LogP contribution in [0.15, 0.2) is 25.0 Å². The average molecular weight is 220 g/mol. The largest absolute Gasteiger partial charge is 0.352 e. The number of nitrogens with zero attached hydrogens (tertiary/aromatic N) is 3. The summed E-state index contributed by atoms with van der Waals surface area (Å²) in [5.74, 6) is 0.959. The Kier molecular flexibility index (Phi) is 3.62. The van der Waals surface area contributed by atoms with Crippen LogP contribution in [0.3, 0.4) is 0 Å². The van der Waals surface area contributed by atoms with Crippen molar-refractivity contribution >= 4 is 5.95 Å². The number of nitrogens with one attached hydrogen (secondary N) is 1. The van der Waals surface area contributed by atoms with Crippen molar-refractivity contribution in [2.45, 2.75) is 18.9 Å². The van der Waals surface area contributed by atoms with Crippen LogP contribution in [0.2, 0.25) is 0 Å². The number of hydrogen-bond acceptors (Lipinski definition) is 3. The monoisotopic (exact) mass is 220 g/mol. The Labute approximate surface area is 97.0 Å². The normalized spacial score (nSPS) is 21.9. The summed E-state index contributed by atoms with van der Waals surface area (Å²) in [6.07, 6.45) is 8.28. The van der Waals surface area contributed by atoms with E-state index in [0.717, 1.165) is 19.0 Å². The molecule has 0 spiro atoms. The van der Waals surface area contributed by atoms with Crippen molar-refractivity contribution in [1.29, 1.82) is 0 Å². The maximum atomic E-state index is 4.34. The maximum absolute atomic E-state index is 4.34. The molecule has 0 radical (unpaired) electrons. The number of anilines is 1. The lowest BCUT2D eigenvalue weighted by atomic mass is 10.1. The quantitative estimate of drug-likeness (QED) is 0.785. The van der Waals surface area contributed by atoms with E-state index in [9.17, 15) is 0 Å². The third-order valence-corrected chi connectivity index (χ3v) is 3.07. The molecule has 1 unspecified atom stereocenters. The molecule has 4 nitrogen and oxygen atoms in total. The molecule has 1 saturated heterocycles. The summed E-state index contributed by atoms with van der Waals surface area (Å²) in [5, 5.41) is 3.27. The third-order valence-electron chi connectivity index (χ3n) is 3.07. The van der Waals surface area contributed by atoms with E-state index in [0.29, 0.717) is 6.04 Å². The van der Waals surface area contributed by atoms with Crippen molar-refractivity contribution in [3.05, 3.63) is 25.0 Å². The van der Waals surface area contributed by atoms with Crippen LogP contribution in [0.25, 0.3) is 0 Å². The van der Waals surface area contributed by atoms with Crippen LogP contribution in [0.5, 0.6) is 0 Å². The molecule has 0 saturated carbocycles. The first kappa shape index (κ1) is 11.2. The Hall–Kier alpha value is -1.29. The van der Waals surface area contributed by atoms with Crippen molar-refractivity contribution in [3.8, 4) is 0 Å². The van der Waals surface area contributed by atoms with E-state index >= 15 is 0 Å². The molecule has 1 aromatic rings. The molecule has 2 rings (SSSR count). The van der Waals surface area contributed by atoms with Crippen LogP contribution < -0.4 is 5.32 Å². The van der Waals surface area contributed by atoms with Crippen molar-refractivity contribution in [2.24, 2.45) is 0 Å². The van der Waals surface area contributed by atoms with Crippen molar-refractivity contribution < 1.29 is 0 Å². The first-order valence-corrected chi connectivity index (χ1v) is 5.87. The molecule has 88 valence electrons. The lowest BCUT2D eigenvalue weighted by Gasteiger charge is -2.31. The lowest BCUT2D eigenvalue weighted by molar-refractivity contribution is 0.213. The van der Waals surface area contributed by atoms with E-state index in [1.54, 1.807) is 0 Å². The average Bonchev–Trinajstić information content (AvgIpc) is 2.74. The highest BCUT2D eigenvalue weighted by Gasteiger charge is 2.20. The van der Waals surface area contributed by atoms with E-state index in [1.807, 2.05) is 12.3 Å². The molecule has 0 aliphatic carbocycles. The van der Waals surface area contributed by atoms with Gasteiger partial charge in [0.05, 0.1) is 0 Å². The number of aromatic nitrogens is 2. The summed E-state index contributed by atoms with van der Waals surface area (Å²) >= 11 is 0. The molecule has 1 aliphatic rings. The second-order valence-electron chi connectivity index (χ2n) is 4.39. The van der Waals surface area contributed by atoms with Gasteiger partial charge in [-0.1, -0.05) is 6.08 Å². The van der Waals surface area contributed by atoms with Gasteiger partial charge >= 0.3 is 0 Å². The predicted octanol–water partition coefficient (Wildman–Crippen LogP) is 1.75. The SMILES string of the molecule is C=CCNc1nccn1C1CCCN(C)C1. The van der Waals surface area contributed by atoms with E-state index in [-0.39, 0.29) is 0 Å². The van der Waals surface area contributed by atoms with E-state index in [1.165, 1.54) is 19.4 Å². The zero-order chi connectivity index (χ0) is 11.4. The van der Waals surface area contributed by atoms with Gasteiger partial charge in [0.2, 0.25) is 5.95 Å². The molecule has 0 bridgehead atoms. The number of piperidine rings is 1. The molecular formula is C12H20N4. The minimum absolute atomic E-state index is 0.550. The first-order chi connectivity index (χ1) is 7.81. The predicted molar refractivity (Wildman–Crippen MR) is 66.7 cm³/mol. The van der Waals surface area contributed by atoms with Crippen LogP contribution in [-0.4, -0.2) is 41.1 Å². The maximum Gasteiger partial charge on any atom is 0.203 e. The summed E-state index contributed by atoms with van der Waals surface area (Å²) < 4.78 is 2.25. The molecule has 1 atom stereocenters. The fraction of sp³-hybridized carbons (Fsp3) is 0.583. The van der Waals surface area contributed by atoms with E-state index in [4.69, 9.17) is 0 Å². The summed E-state index contributed by atoms with van der Waals surface area (Å²) in [4.78, 5) is 6.72. The molecule has 1 N–H and O–H groups in total. The highest BCUT2D eigenvalue weighted by atomic mass is 15.2. The Balaban J connectivity index is 2.06. The molecule has 0 aromatic carbocycles. The standard InChI is InChI=1S/C12H20N4/c1-3-6-13-12-14-7-9-16(12)11-5-4-8-15(2)10-11/h3,7,9,11H,1,4-6,8,10H2,2H3,(H,13,14). The zero-order valence-electron chi connectivity index (χ0n) is 9.89. The molecule has 16 heavy (non-hydrogen) atoms. The lowest BCUT2D eigenvalue weighted by Crippen LogP contribution is -2.33. The molecule has 1 aromatic heterocycles.